The van der Waals surface area contributed by atoms with Crippen LogP contribution in [0.1, 0.15) is 12.1 Å². The van der Waals surface area contributed by atoms with E-state index in [0.29, 0.717) is 18.2 Å². The number of halogens is 1. The van der Waals surface area contributed by atoms with Crippen LogP contribution < -0.4 is 10.6 Å². The normalized spacial score (nSPS) is 20.1. The summed E-state index contributed by atoms with van der Waals surface area (Å²) in [6.45, 7) is 2.41. The maximum atomic E-state index is 11.3. The van der Waals surface area contributed by atoms with Crippen LogP contribution in [0.4, 0.5) is 5.95 Å². The highest BCUT2D eigenvalue weighted by atomic mass is 35.5. The summed E-state index contributed by atoms with van der Waals surface area (Å²) in [6, 6.07) is -0.271. The van der Waals surface area contributed by atoms with Gasteiger partial charge >= 0.3 is 0 Å². The summed E-state index contributed by atoms with van der Waals surface area (Å²) in [5, 5.41) is 13.3. The third kappa shape index (κ3) is 2.15. The fraction of sp³-hybridized carbons (Fsp3) is 0.500. The van der Waals surface area contributed by atoms with E-state index in [0.717, 1.165) is 6.42 Å². The lowest BCUT2D eigenvalue weighted by atomic mass is 10.2. The molecule has 1 aliphatic rings. The van der Waals surface area contributed by atoms with E-state index in [1.807, 2.05) is 0 Å². The number of carbonyl (C=O) groups excluding carboxylic acids is 1. The minimum absolute atomic E-state index is 0.0359. The van der Waals surface area contributed by atoms with Crippen molar-refractivity contribution in [1.82, 2.24) is 20.5 Å². The Bertz CT molecular complexity index is 397. The van der Waals surface area contributed by atoms with Crippen LogP contribution in [0.2, 0.25) is 5.15 Å². The minimum atomic E-state index is -0.271. The van der Waals surface area contributed by atoms with Crippen molar-refractivity contribution < 1.29 is 4.79 Å². The molecule has 2 heterocycles. The Kier molecular flexibility index (Phi) is 2.68. The number of nitrogens with one attached hydrogen (secondary N) is 2. The molecule has 2 rings (SSSR count). The lowest BCUT2D eigenvalue weighted by molar-refractivity contribution is -0.119. The fourth-order valence-corrected chi connectivity index (χ4v) is 1.42. The zero-order valence-corrected chi connectivity index (χ0v) is 8.88. The predicted molar refractivity (Wildman–Crippen MR) is 54.6 cm³/mol. The summed E-state index contributed by atoms with van der Waals surface area (Å²) in [5.74, 6) is 0.296. The minimum Gasteiger partial charge on any atom is -0.354 e. The maximum Gasteiger partial charge on any atom is 0.243 e. The molecule has 1 atom stereocenters. The van der Waals surface area contributed by atoms with E-state index in [1.165, 1.54) is 0 Å². The lowest BCUT2D eigenvalue weighted by Crippen LogP contribution is -2.30. The molecular weight excluding hydrogens is 218 g/mol. The summed E-state index contributed by atoms with van der Waals surface area (Å²) in [4.78, 5) is 15.3. The molecule has 0 radical (unpaired) electrons. The van der Waals surface area contributed by atoms with Crippen LogP contribution in [0.5, 0.6) is 0 Å². The topological polar surface area (TPSA) is 79.8 Å². The van der Waals surface area contributed by atoms with Crippen LogP contribution in [-0.2, 0) is 4.79 Å². The molecular formula is C8H10ClN5O. The van der Waals surface area contributed by atoms with Crippen molar-refractivity contribution in [2.24, 2.45) is 0 Å². The largest absolute Gasteiger partial charge is 0.354 e. The number of anilines is 1. The van der Waals surface area contributed by atoms with Crippen molar-refractivity contribution in [1.29, 1.82) is 0 Å². The molecule has 7 heteroatoms. The quantitative estimate of drug-likeness (QED) is 0.751. The van der Waals surface area contributed by atoms with Gasteiger partial charge in [0.25, 0.3) is 0 Å². The maximum absolute atomic E-state index is 11.3. The van der Waals surface area contributed by atoms with Gasteiger partial charge in [0.05, 0.1) is 5.69 Å². The first kappa shape index (κ1) is 10.1. The Morgan fingerprint density at radius 3 is 2.93 bits per heavy atom. The van der Waals surface area contributed by atoms with Crippen LogP contribution in [0.15, 0.2) is 0 Å². The Hall–Kier alpha value is -1.43. The molecule has 80 valence electrons. The summed E-state index contributed by atoms with van der Waals surface area (Å²) < 4.78 is 0. The average Bonchev–Trinajstić information content (AvgIpc) is 2.59. The highest BCUT2D eigenvalue weighted by Gasteiger charge is 2.24. The number of rotatable bonds is 2. The van der Waals surface area contributed by atoms with Gasteiger partial charge in [-0.2, -0.15) is 0 Å². The van der Waals surface area contributed by atoms with Crippen molar-refractivity contribution in [2.75, 3.05) is 11.9 Å². The van der Waals surface area contributed by atoms with Gasteiger partial charge in [-0.15, -0.1) is 10.2 Å². The number of hydrogen-bond donors (Lipinski definition) is 2. The van der Waals surface area contributed by atoms with Gasteiger partial charge in [-0.3, -0.25) is 4.79 Å². The smallest absolute Gasteiger partial charge is 0.243 e. The summed E-state index contributed by atoms with van der Waals surface area (Å²) in [6.07, 6.45) is 0.726. The van der Waals surface area contributed by atoms with Gasteiger partial charge in [-0.05, 0) is 13.3 Å². The van der Waals surface area contributed by atoms with E-state index < -0.39 is 0 Å². The molecule has 0 saturated carbocycles. The van der Waals surface area contributed by atoms with E-state index >= 15 is 0 Å². The summed E-state index contributed by atoms with van der Waals surface area (Å²) in [7, 11) is 0. The van der Waals surface area contributed by atoms with Gasteiger partial charge in [0.15, 0.2) is 5.15 Å². The van der Waals surface area contributed by atoms with Crippen LogP contribution in [0.25, 0.3) is 0 Å². The average molecular weight is 228 g/mol. The Morgan fingerprint density at radius 1 is 1.53 bits per heavy atom. The SMILES string of the molecule is Cc1nc(N[C@H]2CCNC2=O)nnc1Cl. The first-order chi connectivity index (χ1) is 7.16. The van der Waals surface area contributed by atoms with Gasteiger partial charge in [-0.1, -0.05) is 11.6 Å². The van der Waals surface area contributed by atoms with Gasteiger partial charge in [0.1, 0.15) is 6.04 Å². The molecule has 15 heavy (non-hydrogen) atoms. The summed E-state index contributed by atoms with van der Waals surface area (Å²) in [5.41, 5.74) is 0.590. The van der Waals surface area contributed by atoms with E-state index in [4.69, 9.17) is 11.6 Å². The van der Waals surface area contributed by atoms with E-state index in [-0.39, 0.29) is 17.1 Å². The Balaban J connectivity index is 2.10. The molecule has 1 aliphatic heterocycles. The van der Waals surface area contributed by atoms with Gasteiger partial charge in [0.2, 0.25) is 11.9 Å². The highest BCUT2D eigenvalue weighted by Crippen LogP contribution is 2.11. The number of amides is 1. The fourth-order valence-electron chi connectivity index (χ4n) is 1.34. The van der Waals surface area contributed by atoms with Crippen LogP contribution >= 0.6 is 11.6 Å². The van der Waals surface area contributed by atoms with Crippen molar-refractivity contribution in [3.05, 3.63) is 10.8 Å². The molecule has 0 unspecified atom stereocenters. The molecule has 0 aliphatic carbocycles. The third-order valence-corrected chi connectivity index (χ3v) is 2.51. The summed E-state index contributed by atoms with van der Waals surface area (Å²) >= 11 is 5.68. The lowest BCUT2D eigenvalue weighted by Gasteiger charge is -2.09. The third-order valence-electron chi connectivity index (χ3n) is 2.16. The molecule has 1 aromatic rings. The van der Waals surface area contributed by atoms with Gasteiger partial charge in [-0.25, -0.2) is 4.98 Å². The number of hydrogen-bond acceptors (Lipinski definition) is 5. The van der Waals surface area contributed by atoms with Crippen molar-refractivity contribution in [3.63, 3.8) is 0 Å². The van der Waals surface area contributed by atoms with Gasteiger partial charge in [0, 0.05) is 6.54 Å². The Labute approximate surface area is 91.4 Å². The standard InChI is InChI=1S/C8H10ClN5O/c1-4-6(9)13-14-8(11-4)12-5-2-3-10-7(5)15/h5H,2-3H2,1H3,(H,10,15)(H,11,12,14)/t5-/m0/s1. The van der Waals surface area contributed by atoms with Crippen LogP contribution in [0, 0.1) is 6.92 Å². The molecule has 0 aromatic carbocycles. The first-order valence-electron chi connectivity index (χ1n) is 4.58. The first-order valence-corrected chi connectivity index (χ1v) is 4.95. The van der Waals surface area contributed by atoms with E-state index in [2.05, 4.69) is 25.8 Å². The second kappa shape index (κ2) is 3.98. The van der Waals surface area contributed by atoms with Crippen molar-refractivity contribution >= 4 is 23.5 Å². The van der Waals surface area contributed by atoms with Crippen LogP contribution in [0.3, 0.4) is 0 Å². The van der Waals surface area contributed by atoms with Crippen molar-refractivity contribution in [3.8, 4) is 0 Å². The monoisotopic (exact) mass is 227 g/mol. The Morgan fingerprint density at radius 2 is 2.33 bits per heavy atom. The highest BCUT2D eigenvalue weighted by molar-refractivity contribution is 6.29. The second-order valence-corrected chi connectivity index (χ2v) is 3.65. The zero-order chi connectivity index (χ0) is 10.8. The number of aromatic nitrogens is 3. The molecule has 1 amide bonds. The van der Waals surface area contributed by atoms with Crippen molar-refractivity contribution in [2.45, 2.75) is 19.4 Å². The van der Waals surface area contributed by atoms with Crippen LogP contribution in [-0.4, -0.2) is 33.7 Å². The second-order valence-electron chi connectivity index (χ2n) is 3.29. The zero-order valence-electron chi connectivity index (χ0n) is 8.12. The number of aryl methyl sites for hydroxylation is 1. The van der Waals surface area contributed by atoms with Gasteiger partial charge < -0.3 is 10.6 Å². The molecule has 2 N–H and O–H groups in total. The van der Waals surface area contributed by atoms with E-state index in [9.17, 15) is 4.79 Å². The molecule has 0 bridgehead atoms. The molecule has 0 spiro atoms. The molecule has 1 aromatic heterocycles. The number of carbonyl (C=O) groups is 1. The predicted octanol–water partition coefficient (Wildman–Crippen LogP) is 0.134. The number of nitrogens with zero attached hydrogens (tertiary/aromatic N) is 3. The molecule has 1 fully saturated rings. The molecule has 1 saturated heterocycles. The van der Waals surface area contributed by atoms with E-state index in [1.54, 1.807) is 6.92 Å². The molecule has 6 nitrogen and oxygen atoms in total.